The average Bonchev–Trinajstić information content (AvgIpc) is 2.11. The maximum atomic E-state index is 10.8. The van der Waals surface area contributed by atoms with E-state index in [4.69, 9.17) is 4.74 Å². The average molecular weight is 200 g/mol. The summed E-state index contributed by atoms with van der Waals surface area (Å²) in [5.74, 6) is -0.820. The van der Waals surface area contributed by atoms with Crippen LogP contribution in [0.1, 0.15) is 40.5 Å². The minimum atomic E-state index is -0.975. The molecule has 0 unspecified atom stereocenters. The second-order valence-corrected chi connectivity index (χ2v) is 2.97. The first-order valence-corrected chi connectivity index (χ1v) is 4.59. The lowest BCUT2D eigenvalue weighted by Gasteiger charge is -2.24. The van der Waals surface area contributed by atoms with Crippen LogP contribution in [0.15, 0.2) is 10.2 Å². The van der Waals surface area contributed by atoms with Crippen molar-refractivity contribution in [2.45, 2.75) is 46.3 Å². The zero-order chi connectivity index (χ0) is 11.2. The summed E-state index contributed by atoms with van der Waals surface area (Å²) in [4.78, 5) is 21.4. The number of nitrogens with zero attached hydrogens (tertiary/aromatic N) is 2. The molecule has 0 rings (SSSR count). The van der Waals surface area contributed by atoms with Crippen LogP contribution in [-0.4, -0.2) is 17.6 Å². The van der Waals surface area contributed by atoms with E-state index >= 15 is 0 Å². The molecule has 0 saturated carbocycles. The molecule has 0 heterocycles. The quantitative estimate of drug-likeness (QED) is 0.515. The Morgan fingerprint density at radius 2 is 1.71 bits per heavy atom. The van der Waals surface area contributed by atoms with Crippen LogP contribution >= 0.6 is 0 Å². The van der Waals surface area contributed by atoms with Crippen LogP contribution in [0.3, 0.4) is 0 Å². The predicted octanol–water partition coefficient (Wildman–Crippen LogP) is 2.06. The molecule has 0 saturated heterocycles. The van der Waals surface area contributed by atoms with E-state index in [2.05, 4.69) is 10.2 Å². The molecule has 0 spiro atoms. The minimum absolute atomic E-state index is 0.400. The van der Waals surface area contributed by atoms with Gasteiger partial charge in [0, 0.05) is 26.7 Å². The van der Waals surface area contributed by atoms with Crippen LogP contribution in [0, 0.1) is 0 Å². The Morgan fingerprint density at radius 1 is 1.21 bits per heavy atom. The summed E-state index contributed by atoms with van der Waals surface area (Å²) >= 11 is 0. The Morgan fingerprint density at radius 3 is 2.00 bits per heavy atom. The number of azo groups is 1. The van der Waals surface area contributed by atoms with E-state index in [1.807, 2.05) is 13.8 Å². The van der Waals surface area contributed by atoms with Gasteiger partial charge in [-0.25, -0.2) is 0 Å². The van der Waals surface area contributed by atoms with Gasteiger partial charge in [-0.15, -0.1) is 10.2 Å². The van der Waals surface area contributed by atoms with Gasteiger partial charge in [-0.3, -0.25) is 9.59 Å². The largest absolute Gasteiger partial charge is 0.436 e. The van der Waals surface area contributed by atoms with Gasteiger partial charge in [-0.05, 0) is 0 Å². The van der Waals surface area contributed by atoms with Gasteiger partial charge < -0.3 is 4.74 Å². The van der Waals surface area contributed by atoms with Crippen molar-refractivity contribution < 1.29 is 14.3 Å². The molecule has 5 heteroatoms. The number of ether oxygens (including phenoxy) is 1. The van der Waals surface area contributed by atoms with Crippen molar-refractivity contribution in [3.8, 4) is 0 Å². The Balaban J connectivity index is 4.68. The number of esters is 1. The zero-order valence-electron chi connectivity index (χ0n) is 9.03. The molecule has 5 nitrogen and oxygen atoms in total. The number of carbonyl (C=O) groups excluding carboxylic acids is 2. The smallest absolute Gasteiger partial charge is 0.304 e. The Labute approximate surface area is 83.5 Å². The molecule has 14 heavy (non-hydrogen) atoms. The van der Waals surface area contributed by atoms with Gasteiger partial charge in [0.15, 0.2) is 0 Å². The lowest BCUT2D eigenvalue weighted by molar-refractivity contribution is -0.158. The van der Waals surface area contributed by atoms with Gasteiger partial charge in [0.1, 0.15) is 0 Å². The van der Waals surface area contributed by atoms with Gasteiger partial charge in [-0.2, -0.15) is 0 Å². The zero-order valence-corrected chi connectivity index (χ0v) is 9.03. The summed E-state index contributed by atoms with van der Waals surface area (Å²) in [6.45, 7) is 6.26. The number of carbonyl (C=O) groups is 2. The van der Waals surface area contributed by atoms with Crippen LogP contribution in [-0.2, 0) is 14.3 Å². The third kappa shape index (κ3) is 4.11. The van der Waals surface area contributed by atoms with Crippen LogP contribution in [0.5, 0.6) is 0 Å². The molecule has 0 fully saturated rings. The summed E-state index contributed by atoms with van der Waals surface area (Å²) in [6, 6.07) is 0. The second-order valence-electron chi connectivity index (χ2n) is 2.97. The van der Waals surface area contributed by atoms with Crippen molar-refractivity contribution in [1.82, 2.24) is 0 Å². The highest BCUT2D eigenvalue weighted by Gasteiger charge is 2.29. The molecule has 0 radical (unpaired) electrons. The molecule has 0 atom stereocenters. The minimum Gasteiger partial charge on any atom is -0.436 e. The van der Waals surface area contributed by atoms with Crippen molar-refractivity contribution in [2.24, 2.45) is 10.2 Å². The lowest BCUT2D eigenvalue weighted by atomic mass is 10.1. The molecular formula is C9H16N2O3. The highest BCUT2D eigenvalue weighted by atomic mass is 16.6. The van der Waals surface area contributed by atoms with Gasteiger partial charge in [0.2, 0.25) is 5.72 Å². The third-order valence-corrected chi connectivity index (χ3v) is 1.81. The first kappa shape index (κ1) is 12.7. The number of hydrogen-bond acceptors (Lipinski definition) is 4. The maximum absolute atomic E-state index is 10.8. The normalized spacial score (nSPS) is 11.7. The number of amides is 1. The van der Waals surface area contributed by atoms with Gasteiger partial charge in [0.25, 0.3) is 5.91 Å². The summed E-state index contributed by atoms with van der Waals surface area (Å²) in [5.41, 5.74) is -0.975. The predicted molar refractivity (Wildman–Crippen MR) is 50.6 cm³/mol. The fraction of sp³-hybridized carbons (Fsp3) is 0.778. The first-order valence-electron chi connectivity index (χ1n) is 4.59. The molecule has 0 aromatic carbocycles. The molecule has 0 aromatic rings. The highest BCUT2D eigenvalue weighted by Crippen LogP contribution is 2.22. The SMILES string of the molecule is CCC(CC)(N=NC(C)=O)OC(C)=O. The van der Waals surface area contributed by atoms with Crippen molar-refractivity contribution in [3.63, 3.8) is 0 Å². The van der Waals surface area contributed by atoms with E-state index in [9.17, 15) is 9.59 Å². The standard InChI is InChI=1S/C9H16N2O3/c1-5-9(6-2,14-8(4)13)11-10-7(3)12/h5-6H2,1-4H3. The number of hydrogen-bond donors (Lipinski definition) is 0. The molecule has 0 N–H and O–H groups in total. The van der Waals surface area contributed by atoms with E-state index in [0.717, 1.165) is 0 Å². The maximum Gasteiger partial charge on any atom is 0.304 e. The summed E-state index contributed by atoms with van der Waals surface area (Å²) < 4.78 is 5.04. The molecule has 0 aliphatic rings. The molecule has 0 aliphatic heterocycles. The molecule has 1 amide bonds. The number of rotatable bonds is 4. The fourth-order valence-corrected chi connectivity index (χ4v) is 0.985. The van der Waals surface area contributed by atoms with Crippen molar-refractivity contribution in [1.29, 1.82) is 0 Å². The topological polar surface area (TPSA) is 68.1 Å². The molecular weight excluding hydrogens is 184 g/mol. The van der Waals surface area contributed by atoms with Crippen LogP contribution in [0.25, 0.3) is 0 Å². The van der Waals surface area contributed by atoms with E-state index in [1.54, 1.807) is 0 Å². The van der Waals surface area contributed by atoms with Crippen LogP contribution in [0.4, 0.5) is 0 Å². The Bertz CT molecular complexity index is 244. The van der Waals surface area contributed by atoms with Gasteiger partial charge in [-0.1, -0.05) is 13.8 Å². The summed E-state index contributed by atoms with van der Waals surface area (Å²) in [7, 11) is 0. The van der Waals surface area contributed by atoms with Gasteiger partial charge >= 0.3 is 5.97 Å². The van der Waals surface area contributed by atoms with Crippen molar-refractivity contribution in [2.75, 3.05) is 0 Å². The lowest BCUT2D eigenvalue weighted by Crippen LogP contribution is -2.30. The first-order chi connectivity index (χ1) is 6.45. The van der Waals surface area contributed by atoms with E-state index in [1.165, 1.54) is 13.8 Å². The Kier molecular flexibility index (Phi) is 4.97. The van der Waals surface area contributed by atoms with Crippen LogP contribution < -0.4 is 0 Å². The summed E-state index contributed by atoms with van der Waals surface area (Å²) in [5, 5.41) is 7.16. The fourth-order valence-electron chi connectivity index (χ4n) is 0.985. The Hall–Kier alpha value is -1.26. The van der Waals surface area contributed by atoms with E-state index in [-0.39, 0.29) is 0 Å². The monoisotopic (exact) mass is 200 g/mol. The molecule has 0 bridgehead atoms. The molecule has 0 aliphatic carbocycles. The van der Waals surface area contributed by atoms with Crippen molar-refractivity contribution >= 4 is 11.9 Å². The second kappa shape index (κ2) is 5.47. The molecule has 80 valence electrons. The van der Waals surface area contributed by atoms with Gasteiger partial charge in [0.05, 0.1) is 0 Å². The van der Waals surface area contributed by atoms with E-state index < -0.39 is 17.6 Å². The van der Waals surface area contributed by atoms with Crippen LogP contribution in [0.2, 0.25) is 0 Å². The third-order valence-electron chi connectivity index (χ3n) is 1.81. The highest BCUT2D eigenvalue weighted by molar-refractivity contribution is 5.73. The summed E-state index contributed by atoms with van der Waals surface area (Å²) in [6.07, 6.45) is 1.000. The van der Waals surface area contributed by atoms with Crippen molar-refractivity contribution in [3.05, 3.63) is 0 Å². The van der Waals surface area contributed by atoms with E-state index in [0.29, 0.717) is 12.8 Å². The molecule has 0 aromatic heterocycles.